The summed E-state index contributed by atoms with van der Waals surface area (Å²) in [7, 11) is 0. The summed E-state index contributed by atoms with van der Waals surface area (Å²) >= 11 is 0. The second-order valence-corrected chi connectivity index (χ2v) is 3.37. The van der Waals surface area contributed by atoms with E-state index in [4.69, 9.17) is 9.84 Å². The van der Waals surface area contributed by atoms with E-state index in [0.717, 1.165) is 19.3 Å². The number of hydrogen-bond donors (Lipinski definition) is 1. The molecule has 1 aliphatic carbocycles. The summed E-state index contributed by atoms with van der Waals surface area (Å²) in [6.45, 7) is 1.30. The zero-order valence-electron chi connectivity index (χ0n) is 7.90. The van der Waals surface area contributed by atoms with Crippen molar-refractivity contribution in [2.75, 3.05) is 6.61 Å². The molecule has 1 N–H and O–H groups in total. The predicted molar refractivity (Wildman–Crippen MR) is 49.1 cm³/mol. The van der Waals surface area contributed by atoms with Gasteiger partial charge in [0.15, 0.2) is 0 Å². The largest absolute Gasteiger partial charge is 0.460 e. The van der Waals surface area contributed by atoms with Crippen LogP contribution >= 0.6 is 0 Å². The molecule has 0 aromatic heterocycles. The van der Waals surface area contributed by atoms with Crippen molar-refractivity contribution in [2.45, 2.75) is 32.3 Å². The topological polar surface area (TPSA) is 46.5 Å². The van der Waals surface area contributed by atoms with Gasteiger partial charge in [-0.25, -0.2) is 0 Å². The van der Waals surface area contributed by atoms with Crippen LogP contribution in [-0.2, 0) is 9.53 Å². The molecule has 0 fully saturated rings. The van der Waals surface area contributed by atoms with Crippen LogP contribution in [0.4, 0.5) is 0 Å². The van der Waals surface area contributed by atoms with Crippen LogP contribution in [0.3, 0.4) is 0 Å². The van der Waals surface area contributed by atoms with Gasteiger partial charge < -0.3 is 9.84 Å². The summed E-state index contributed by atoms with van der Waals surface area (Å²) in [4.78, 5) is 10.7. The molecule has 3 nitrogen and oxygen atoms in total. The van der Waals surface area contributed by atoms with Gasteiger partial charge in [-0.15, -0.1) is 0 Å². The Labute approximate surface area is 78.4 Å². The highest BCUT2D eigenvalue weighted by Crippen LogP contribution is 2.23. The van der Waals surface area contributed by atoms with Gasteiger partial charge in [-0.1, -0.05) is 12.2 Å². The van der Waals surface area contributed by atoms with Gasteiger partial charge in [-0.2, -0.15) is 0 Å². The van der Waals surface area contributed by atoms with Gasteiger partial charge >= 0.3 is 5.97 Å². The molecule has 0 radical (unpaired) electrons. The Morgan fingerprint density at radius 3 is 2.92 bits per heavy atom. The Hall–Kier alpha value is -0.830. The molecule has 0 amide bonds. The Balaban J connectivity index is 2.45. The Morgan fingerprint density at radius 1 is 1.69 bits per heavy atom. The third-order valence-electron chi connectivity index (χ3n) is 2.33. The second-order valence-electron chi connectivity index (χ2n) is 3.37. The molecule has 0 saturated heterocycles. The normalized spacial score (nSPS) is 24.0. The molecule has 1 rings (SSSR count). The second kappa shape index (κ2) is 5.02. The van der Waals surface area contributed by atoms with Crippen LogP contribution in [0, 0.1) is 5.92 Å². The van der Waals surface area contributed by atoms with E-state index in [1.54, 1.807) is 0 Å². The Morgan fingerprint density at radius 2 is 2.46 bits per heavy atom. The SMILES string of the molecule is CC(=O)OC(CO)[C@@H]1CC=CCC1. The lowest BCUT2D eigenvalue weighted by Gasteiger charge is -2.25. The van der Waals surface area contributed by atoms with Crippen LogP contribution in [0.2, 0.25) is 0 Å². The lowest BCUT2D eigenvalue weighted by Crippen LogP contribution is -2.30. The van der Waals surface area contributed by atoms with Crippen molar-refractivity contribution >= 4 is 5.97 Å². The van der Waals surface area contributed by atoms with E-state index in [1.165, 1.54) is 6.92 Å². The molecule has 0 aromatic carbocycles. The lowest BCUT2D eigenvalue weighted by atomic mass is 9.89. The highest BCUT2D eigenvalue weighted by atomic mass is 16.5. The molecule has 1 aliphatic rings. The first kappa shape index (κ1) is 10.3. The van der Waals surface area contributed by atoms with Gasteiger partial charge in [0.1, 0.15) is 6.10 Å². The molecule has 74 valence electrons. The lowest BCUT2D eigenvalue weighted by molar-refractivity contribution is -0.151. The molecule has 3 heteroatoms. The molecule has 2 atom stereocenters. The fourth-order valence-electron chi connectivity index (χ4n) is 1.65. The fourth-order valence-corrected chi connectivity index (χ4v) is 1.65. The molecule has 13 heavy (non-hydrogen) atoms. The van der Waals surface area contributed by atoms with Crippen molar-refractivity contribution in [3.63, 3.8) is 0 Å². The minimum Gasteiger partial charge on any atom is -0.460 e. The summed E-state index contributed by atoms with van der Waals surface area (Å²) in [5.74, 6) is -0.0208. The van der Waals surface area contributed by atoms with Crippen LogP contribution in [0.15, 0.2) is 12.2 Å². The van der Waals surface area contributed by atoms with Crippen LogP contribution in [0.1, 0.15) is 26.2 Å². The maximum atomic E-state index is 10.7. The first-order valence-electron chi connectivity index (χ1n) is 4.67. The quantitative estimate of drug-likeness (QED) is 0.530. The molecule has 0 spiro atoms. The summed E-state index contributed by atoms with van der Waals surface area (Å²) in [6.07, 6.45) is 6.80. The van der Waals surface area contributed by atoms with Gasteiger partial charge in [-0.05, 0) is 19.3 Å². The Bertz CT molecular complexity index is 198. The number of ether oxygens (including phenoxy) is 1. The molecule has 1 unspecified atom stereocenters. The zero-order valence-corrected chi connectivity index (χ0v) is 7.90. The number of aliphatic hydroxyl groups is 1. The fraction of sp³-hybridized carbons (Fsp3) is 0.700. The predicted octanol–water partition coefficient (Wildman–Crippen LogP) is 1.27. The number of rotatable bonds is 3. The first-order valence-corrected chi connectivity index (χ1v) is 4.67. The van der Waals surface area contributed by atoms with Crippen LogP contribution in [0.25, 0.3) is 0 Å². The molecular formula is C10H16O3. The standard InChI is InChI=1S/C10H16O3/c1-8(12)13-10(7-11)9-5-3-2-4-6-9/h2-3,9-11H,4-7H2,1H3/t9-,10?/m1/s1. The van der Waals surface area contributed by atoms with E-state index in [0.29, 0.717) is 5.92 Å². The van der Waals surface area contributed by atoms with Gasteiger partial charge in [0, 0.05) is 12.8 Å². The van der Waals surface area contributed by atoms with E-state index in [2.05, 4.69) is 12.2 Å². The Kier molecular flexibility index (Phi) is 3.96. The molecular weight excluding hydrogens is 168 g/mol. The van der Waals surface area contributed by atoms with Gasteiger partial charge in [0.25, 0.3) is 0 Å². The number of aliphatic hydroxyl groups excluding tert-OH is 1. The summed E-state index contributed by atoms with van der Waals surface area (Å²) in [6, 6.07) is 0. The maximum absolute atomic E-state index is 10.7. The van der Waals surface area contributed by atoms with Crippen molar-refractivity contribution in [3.8, 4) is 0 Å². The minimum atomic E-state index is -0.317. The number of carbonyl (C=O) groups is 1. The molecule has 0 bridgehead atoms. The summed E-state index contributed by atoms with van der Waals surface area (Å²) < 4.78 is 5.02. The number of esters is 1. The van der Waals surface area contributed by atoms with Crippen molar-refractivity contribution in [2.24, 2.45) is 5.92 Å². The van der Waals surface area contributed by atoms with E-state index in [1.807, 2.05) is 0 Å². The average Bonchev–Trinajstić information content (AvgIpc) is 2.15. The monoisotopic (exact) mass is 184 g/mol. The zero-order chi connectivity index (χ0) is 9.68. The van der Waals surface area contributed by atoms with Gasteiger partial charge in [0.05, 0.1) is 6.61 Å². The molecule has 0 saturated carbocycles. The van der Waals surface area contributed by atoms with Crippen molar-refractivity contribution < 1.29 is 14.6 Å². The highest BCUT2D eigenvalue weighted by molar-refractivity contribution is 5.66. The van der Waals surface area contributed by atoms with Crippen molar-refractivity contribution in [3.05, 3.63) is 12.2 Å². The molecule has 0 aliphatic heterocycles. The third-order valence-corrected chi connectivity index (χ3v) is 2.33. The first-order chi connectivity index (χ1) is 6.24. The van der Waals surface area contributed by atoms with Crippen LogP contribution in [-0.4, -0.2) is 23.8 Å². The van der Waals surface area contributed by atoms with E-state index < -0.39 is 0 Å². The van der Waals surface area contributed by atoms with Crippen molar-refractivity contribution in [1.29, 1.82) is 0 Å². The van der Waals surface area contributed by atoms with Gasteiger partial charge in [0.2, 0.25) is 0 Å². The van der Waals surface area contributed by atoms with Gasteiger partial charge in [-0.3, -0.25) is 4.79 Å². The summed E-state index contributed by atoms with van der Waals surface area (Å²) in [5.41, 5.74) is 0. The van der Waals surface area contributed by atoms with Crippen LogP contribution in [0.5, 0.6) is 0 Å². The average molecular weight is 184 g/mol. The summed E-state index contributed by atoms with van der Waals surface area (Å²) in [5, 5.41) is 9.03. The minimum absolute atomic E-state index is 0.0713. The highest BCUT2D eigenvalue weighted by Gasteiger charge is 2.23. The van der Waals surface area contributed by atoms with Crippen molar-refractivity contribution in [1.82, 2.24) is 0 Å². The van der Waals surface area contributed by atoms with E-state index in [-0.39, 0.29) is 18.7 Å². The number of hydrogen-bond acceptors (Lipinski definition) is 3. The van der Waals surface area contributed by atoms with E-state index in [9.17, 15) is 4.79 Å². The smallest absolute Gasteiger partial charge is 0.302 e. The van der Waals surface area contributed by atoms with Crippen LogP contribution < -0.4 is 0 Å². The van der Waals surface area contributed by atoms with E-state index >= 15 is 0 Å². The number of allylic oxidation sites excluding steroid dienone is 2. The third kappa shape index (κ3) is 3.19. The molecule has 0 heterocycles. The number of carbonyl (C=O) groups excluding carboxylic acids is 1. The molecule has 0 aromatic rings. The maximum Gasteiger partial charge on any atom is 0.302 e.